The summed E-state index contributed by atoms with van der Waals surface area (Å²) in [6.45, 7) is 12.1. The summed E-state index contributed by atoms with van der Waals surface area (Å²) in [5.74, 6) is -0.719. The Hall–Kier alpha value is -3.30. The molecule has 0 spiro atoms. The molecule has 0 aliphatic heterocycles. The molecule has 0 saturated carbocycles. The highest BCUT2D eigenvalue weighted by molar-refractivity contribution is 7.89. The maximum Gasteiger partial charge on any atom is 0.339 e. The van der Waals surface area contributed by atoms with Crippen LogP contribution in [0.25, 0.3) is 10.9 Å². The largest absolute Gasteiger partial charge is 0.452 e. The first-order valence-corrected chi connectivity index (χ1v) is 15.3. The van der Waals surface area contributed by atoms with Crippen molar-refractivity contribution in [2.45, 2.75) is 65.7 Å². The summed E-state index contributed by atoms with van der Waals surface area (Å²) in [5.41, 5.74) is 4.15. The predicted molar refractivity (Wildman–Crippen MR) is 157 cm³/mol. The van der Waals surface area contributed by atoms with Crippen LogP contribution in [0.5, 0.6) is 0 Å². The van der Waals surface area contributed by atoms with Gasteiger partial charge in [-0.05, 0) is 66.8 Å². The summed E-state index contributed by atoms with van der Waals surface area (Å²) in [5, 5.41) is 3.43. The molecule has 2 aromatic carbocycles. The molecule has 1 N–H and O–H groups in total. The van der Waals surface area contributed by atoms with E-state index in [-0.39, 0.29) is 10.3 Å². The molecule has 0 radical (unpaired) electrons. The molecule has 1 aromatic heterocycles. The number of fused-ring (bicyclic) bond motifs is 2. The maximum atomic E-state index is 13.5. The van der Waals surface area contributed by atoms with E-state index < -0.39 is 28.5 Å². The number of hydrogen-bond acceptors (Lipinski definition) is 6. The van der Waals surface area contributed by atoms with Gasteiger partial charge in [0.05, 0.1) is 16.0 Å². The molecule has 1 heterocycles. The van der Waals surface area contributed by atoms with Gasteiger partial charge in [0.15, 0.2) is 6.61 Å². The van der Waals surface area contributed by atoms with Crippen molar-refractivity contribution in [1.29, 1.82) is 0 Å². The monoisotopic (exact) mass is 565 g/mol. The summed E-state index contributed by atoms with van der Waals surface area (Å²) in [6, 6.07) is 12.1. The second-order valence-electron chi connectivity index (χ2n) is 11.4. The number of anilines is 1. The molecule has 0 fully saturated rings. The minimum Gasteiger partial charge on any atom is -0.452 e. The van der Waals surface area contributed by atoms with E-state index in [9.17, 15) is 18.0 Å². The number of carbonyl (C=O) groups is 2. The van der Waals surface area contributed by atoms with E-state index in [4.69, 9.17) is 9.72 Å². The lowest BCUT2D eigenvalue weighted by Gasteiger charge is -2.35. The Labute approximate surface area is 237 Å². The Morgan fingerprint density at radius 1 is 1.10 bits per heavy atom. The zero-order valence-corrected chi connectivity index (χ0v) is 25.0. The van der Waals surface area contributed by atoms with Gasteiger partial charge in [-0.3, -0.25) is 9.78 Å². The van der Waals surface area contributed by atoms with Crippen LogP contribution in [0.15, 0.2) is 47.4 Å². The lowest BCUT2D eigenvalue weighted by Crippen LogP contribution is -2.30. The van der Waals surface area contributed by atoms with E-state index in [0.29, 0.717) is 41.2 Å². The van der Waals surface area contributed by atoms with Crippen molar-refractivity contribution in [2.75, 3.05) is 25.0 Å². The van der Waals surface area contributed by atoms with E-state index in [2.05, 4.69) is 26.1 Å². The van der Waals surface area contributed by atoms with Crippen LogP contribution in [-0.4, -0.2) is 49.3 Å². The van der Waals surface area contributed by atoms with Crippen LogP contribution in [0.3, 0.4) is 0 Å². The number of aromatic nitrogens is 1. The molecule has 8 nitrogen and oxygen atoms in total. The standard InChI is InChI=1S/C31H39N3O5S/c1-7-34(8-2)40(37,38)22-15-13-20(3)27(18-22)33-28(35)19-39-30(36)29-23-11-9-10-12-25(23)32-26-16-14-21(17-24(26)29)31(4,5)6/h9-13,15,18,21H,7-8,14,16-17,19H2,1-6H3,(H,33,35). The van der Waals surface area contributed by atoms with Crippen molar-refractivity contribution in [1.82, 2.24) is 9.29 Å². The number of amides is 1. The van der Waals surface area contributed by atoms with Crippen molar-refractivity contribution in [3.8, 4) is 0 Å². The average Bonchev–Trinajstić information content (AvgIpc) is 2.91. The van der Waals surface area contributed by atoms with Crippen LogP contribution in [0, 0.1) is 18.3 Å². The fourth-order valence-corrected chi connectivity index (χ4v) is 6.84. The highest BCUT2D eigenvalue weighted by Gasteiger charge is 2.33. The Morgan fingerprint density at radius 3 is 2.48 bits per heavy atom. The molecule has 1 aliphatic rings. The van der Waals surface area contributed by atoms with Crippen LogP contribution >= 0.6 is 0 Å². The average molecular weight is 566 g/mol. The third kappa shape index (κ3) is 6.05. The van der Waals surface area contributed by atoms with Crippen molar-refractivity contribution in [2.24, 2.45) is 11.3 Å². The summed E-state index contributed by atoms with van der Waals surface area (Å²) in [6.07, 6.45) is 2.51. The van der Waals surface area contributed by atoms with Gasteiger partial charge in [0, 0.05) is 29.9 Å². The van der Waals surface area contributed by atoms with Crippen LogP contribution in [0.2, 0.25) is 0 Å². The molecular weight excluding hydrogens is 526 g/mol. The zero-order valence-electron chi connectivity index (χ0n) is 24.2. The summed E-state index contributed by atoms with van der Waals surface area (Å²) < 4.78 is 32.8. The molecule has 1 atom stereocenters. The molecule has 1 aliphatic carbocycles. The third-order valence-corrected chi connectivity index (χ3v) is 9.89. The Balaban J connectivity index is 1.56. The maximum absolute atomic E-state index is 13.5. The van der Waals surface area contributed by atoms with Crippen LogP contribution < -0.4 is 5.32 Å². The molecule has 214 valence electrons. The minimum absolute atomic E-state index is 0.0789. The smallest absolute Gasteiger partial charge is 0.339 e. The SMILES string of the molecule is CCN(CC)S(=O)(=O)c1ccc(C)c(NC(=O)COC(=O)c2c3c(nc4ccccc24)CCC(C(C)(C)C)C3)c1. The molecule has 0 bridgehead atoms. The Morgan fingerprint density at radius 2 is 1.80 bits per heavy atom. The van der Waals surface area contributed by atoms with Crippen LogP contribution in [-0.2, 0) is 32.4 Å². The number of ether oxygens (including phenoxy) is 1. The zero-order chi connectivity index (χ0) is 29.2. The number of carbonyl (C=O) groups excluding carboxylic acids is 2. The van der Waals surface area contributed by atoms with E-state index in [1.54, 1.807) is 26.8 Å². The highest BCUT2D eigenvalue weighted by Crippen LogP contribution is 2.39. The fourth-order valence-electron chi connectivity index (χ4n) is 5.36. The van der Waals surface area contributed by atoms with Crippen molar-refractivity contribution in [3.05, 3.63) is 64.8 Å². The van der Waals surface area contributed by atoms with Gasteiger partial charge < -0.3 is 10.1 Å². The Bertz CT molecular complexity index is 1540. The topological polar surface area (TPSA) is 106 Å². The number of esters is 1. The van der Waals surface area contributed by atoms with Gasteiger partial charge in [-0.2, -0.15) is 4.31 Å². The predicted octanol–water partition coefficient (Wildman–Crippen LogP) is 5.52. The molecular formula is C31H39N3O5S. The molecule has 1 unspecified atom stereocenters. The highest BCUT2D eigenvalue weighted by atomic mass is 32.2. The minimum atomic E-state index is -3.69. The van der Waals surface area contributed by atoms with Gasteiger partial charge in [0.1, 0.15) is 0 Å². The van der Waals surface area contributed by atoms with E-state index in [0.717, 1.165) is 36.0 Å². The van der Waals surface area contributed by atoms with Gasteiger partial charge in [0.2, 0.25) is 10.0 Å². The molecule has 3 aromatic rings. The number of benzene rings is 2. The fraction of sp³-hybridized carbons (Fsp3) is 0.452. The number of nitrogens with zero attached hydrogens (tertiary/aromatic N) is 2. The number of nitrogens with one attached hydrogen (secondary N) is 1. The van der Waals surface area contributed by atoms with Crippen LogP contribution in [0.4, 0.5) is 5.69 Å². The second kappa shape index (κ2) is 11.7. The first kappa shape index (κ1) is 29.7. The number of sulfonamides is 1. The summed E-state index contributed by atoms with van der Waals surface area (Å²) in [7, 11) is -3.69. The van der Waals surface area contributed by atoms with Gasteiger partial charge in [-0.1, -0.05) is 58.9 Å². The van der Waals surface area contributed by atoms with Gasteiger partial charge in [0.25, 0.3) is 5.91 Å². The van der Waals surface area contributed by atoms with Gasteiger partial charge in [-0.25, -0.2) is 13.2 Å². The molecule has 4 rings (SSSR count). The third-order valence-electron chi connectivity index (χ3n) is 7.85. The number of aryl methyl sites for hydroxylation is 2. The van der Waals surface area contributed by atoms with E-state index >= 15 is 0 Å². The van der Waals surface area contributed by atoms with Gasteiger partial charge >= 0.3 is 5.97 Å². The lowest BCUT2D eigenvalue weighted by atomic mass is 9.70. The van der Waals surface area contributed by atoms with Crippen molar-refractivity contribution >= 4 is 38.5 Å². The van der Waals surface area contributed by atoms with Gasteiger partial charge in [-0.15, -0.1) is 0 Å². The number of para-hydroxylation sites is 1. The van der Waals surface area contributed by atoms with Crippen molar-refractivity contribution in [3.63, 3.8) is 0 Å². The summed E-state index contributed by atoms with van der Waals surface area (Å²) >= 11 is 0. The second-order valence-corrected chi connectivity index (χ2v) is 13.4. The Kier molecular flexibility index (Phi) is 8.66. The first-order valence-electron chi connectivity index (χ1n) is 13.8. The van der Waals surface area contributed by atoms with Crippen molar-refractivity contribution < 1.29 is 22.7 Å². The van der Waals surface area contributed by atoms with Crippen LogP contribution in [0.1, 0.15) is 68.2 Å². The number of hydrogen-bond donors (Lipinski definition) is 1. The van der Waals surface area contributed by atoms with E-state index in [1.165, 1.54) is 16.4 Å². The van der Waals surface area contributed by atoms with E-state index in [1.807, 2.05) is 24.3 Å². The quantitative estimate of drug-likeness (QED) is 0.361. The normalized spacial score (nSPS) is 15.6. The summed E-state index contributed by atoms with van der Waals surface area (Å²) in [4.78, 5) is 31.3. The lowest BCUT2D eigenvalue weighted by molar-refractivity contribution is -0.119. The first-order chi connectivity index (χ1) is 18.9. The molecule has 0 saturated heterocycles. The molecule has 9 heteroatoms. The molecule has 1 amide bonds. The number of pyridine rings is 1. The number of rotatable bonds is 8. The molecule has 40 heavy (non-hydrogen) atoms.